The molecule has 0 aliphatic heterocycles. The van der Waals surface area contributed by atoms with Crippen LogP contribution in [0.25, 0.3) is 0 Å². The Labute approximate surface area is 354 Å². The van der Waals surface area contributed by atoms with Gasteiger partial charge in [-0.1, -0.05) is 137 Å². The van der Waals surface area contributed by atoms with E-state index >= 15 is 0 Å². The predicted octanol–water partition coefficient (Wildman–Crippen LogP) is 12.2. The number of nitrogens with zero attached hydrogens (tertiary/aromatic N) is 1. The second-order valence-electron chi connectivity index (χ2n) is 15.7. The van der Waals surface area contributed by atoms with Gasteiger partial charge in [-0.05, 0) is 89.9 Å². The van der Waals surface area contributed by atoms with Crippen LogP contribution in [0.15, 0.2) is 85.1 Å². The number of ether oxygens (including phenoxy) is 2. The topological polar surface area (TPSA) is 111 Å². The molecule has 0 rings (SSSR count). The average Bonchev–Trinajstić information content (AvgIpc) is 3.17. The number of phosphoric ester groups is 1. The fourth-order valence-corrected chi connectivity index (χ4v) is 6.14. The first-order valence-corrected chi connectivity index (χ1v) is 23.8. The molecule has 0 amide bonds. The van der Waals surface area contributed by atoms with Gasteiger partial charge in [0.05, 0.1) is 27.7 Å². The maximum Gasteiger partial charge on any atom is 0.306 e. The Morgan fingerprint density at radius 1 is 0.552 bits per heavy atom. The Balaban J connectivity index is 4.46. The number of likely N-dealkylation sites (N-methyl/N-ethyl adjacent to an activating group) is 1. The lowest BCUT2D eigenvalue weighted by atomic mass is 10.1. The van der Waals surface area contributed by atoms with Crippen LogP contribution in [0.1, 0.15) is 155 Å². The van der Waals surface area contributed by atoms with Crippen LogP contribution in [0.4, 0.5) is 0 Å². The molecular formula is C48H82NO8P. The van der Waals surface area contributed by atoms with E-state index in [0.717, 1.165) is 89.9 Å². The van der Waals surface area contributed by atoms with Crippen LogP contribution in [0.3, 0.4) is 0 Å². The summed E-state index contributed by atoms with van der Waals surface area (Å²) < 4.78 is 33.9. The fraction of sp³-hybridized carbons (Fsp3) is 0.667. The zero-order chi connectivity index (χ0) is 42.8. The third-order valence-corrected chi connectivity index (χ3v) is 9.86. The Morgan fingerprint density at radius 3 is 1.45 bits per heavy atom. The van der Waals surface area contributed by atoms with Gasteiger partial charge < -0.3 is 27.9 Å². The van der Waals surface area contributed by atoms with Crippen molar-refractivity contribution in [2.45, 2.75) is 161 Å². The number of quaternary nitrogens is 1. The normalized spacial score (nSPS) is 14.4. The fourth-order valence-electron chi connectivity index (χ4n) is 5.41. The summed E-state index contributed by atoms with van der Waals surface area (Å²) in [5, 5.41) is 0. The zero-order valence-corrected chi connectivity index (χ0v) is 38.1. The molecule has 0 radical (unpaired) electrons. The van der Waals surface area contributed by atoms with E-state index in [4.69, 9.17) is 18.5 Å². The van der Waals surface area contributed by atoms with Crippen molar-refractivity contribution in [1.29, 1.82) is 0 Å². The number of rotatable bonds is 39. The number of unbranched alkanes of at least 4 members (excludes halogenated alkanes) is 11. The van der Waals surface area contributed by atoms with Crippen LogP contribution in [0.5, 0.6) is 0 Å². The molecule has 0 N–H and O–H groups in total. The molecule has 0 aliphatic carbocycles. The monoisotopic (exact) mass is 832 g/mol. The van der Waals surface area contributed by atoms with Gasteiger partial charge in [0.15, 0.2) is 6.10 Å². The van der Waals surface area contributed by atoms with Gasteiger partial charge in [0.2, 0.25) is 0 Å². The van der Waals surface area contributed by atoms with Gasteiger partial charge in [-0.2, -0.15) is 0 Å². The van der Waals surface area contributed by atoms with Gasteiger partial charge in [-0.25, -0.2) is 0 Å². The number of allylic oxidation sites excluding steroid dienone is 14. The summed E-state index contributed by atoms with van der Waals surface area (Å²) in [6.07, 6.45) is 50.3. The van der Waals surface area contributed by atoms with Crippen molar-refractivity contribution in [3.8, 4) is 0 Å². The number of hydrogen-bond acceptors (Lipinski definition) is 8. The molecule has 0 bridgehead atoms. The summed E-state index contributed by atoms with van der Waals surface area (Å²) in [4.78, 5) is 37.6. The molecule has 10 heteroatoms. The zero-order valence-electron chi connectivity index (χ0n) is 37.2. The number of hydrogen-bond donors (Lipinski definition) is 0. The Kier molecular flexibility index (Phi) is 37.7. The highest BCUT2D eigenvalue weighted by atomic mass is 31.2. The maximum absolute atomic E-state index is 12.7. The maximum atomic E-state index is 12.7. The summed E-state index contributed by atoms with van der Waals surface area (Å²) in [6.45, 7) is 4.01. The minimum absolute atomic E-state index is 0.0445. The van der Waals surface area contributed by atoms with Crippen molar-refractivity contribution in [2.24, 2.45) is 0 Å². The van der Waals surface area contributed by atoms with Gasteiger partial charge in [-0.15, -0.1) is 0 Å². The molecule has 58 heavy (non-hydrogen) atoms. The largest absolute Gasteiger partial charge is 0.756 e. The van der Waals surface area contributed by atoms with Gasteiger partial charge in [0.25, 0.3) is 7.82 Å². The first kappa shape index (κ1) is 55.2. The molecule has 2 atom stereocenters. The van der Waals surface area contributed by atoms with Crippen LogP contribution in [-0.4, -0.2) is 70.0 Å². The van der Waals surface area contributed by atoms with Crippen LogP contribution in [0, 0.1) is 0 Å². The lowest BCUT2D eigenvalue weighted by molar-refractivity contribution is -0.870. The molecule has 0 heterocycles. The third kappa shape index (κ3) is 42.8. The highest BCUT2D eigenvalue weighted by Crippen LogP contribution is 2.38. The predicted molar refractivity (Wildman–Crippen MR) is 240 cm³/mol. The van der Waals surface area contributed by atoms with Crippen molar-refractivity contribution in [2.75, 3.05) is 47.5 Å². The lowest BCUT2D eigenvalue weighted by Crippen LogP contribution is -2.37. The van der Waals surface area contributed by atoms with Gasteiger partial charge in [0.1, 0.15) is 19.8 Å². The number of phosphoric acid groups is 1. The molecule has 9 nitrogen and oxygen atoms in total. The highest BCUT2D eigenvalue weighted by molar-refractivity contribution is 7.45. The molecule has 332 valence electrons. The average molecular weight is 832 g/mol. The molecule has 0 aromatic rings. The van der Waals surface area contributed by atoms with Crippen molar-refractivity contribution in [3.63, 3.8) is 0 Å². The molecular weight excluding hydrogens is 750 g/mol. The van der Waals surface area contributed by atoms with Gasteiger partial charge in [0, 0.05) is 12.8 Å². The van der Waals surface area contributed by atoms with Crippen molar-refractivity contribution >= 4 is 19.8 Å². The molecule has 0 saturated carbocycles. The van der Waals surface area contributed by atoms with Crippen LogP contribution in [-0.2, 0) is 32.7 Å². The standard InChI is InChI=1S/C48H82NO8P/c1-6-8-10-12-14-16-18-20-22-24-26-28-30-32-34-36-38-40-47(50)54-44-46(45-56-58(52,53)55-43-42-49(3,4)5)57-48(51)41-39-37-35-33-31-29-27-25-23-21-19-17-15-13-11-9-7-2/h8,10,14-17,20-23,26-29,46H,6-7,9,11-13,18-19,24-25,30-45H2,1-5H3/b10-8-,16-14-,17-15-,22-20-,23-21-,28-26-,29-27-/t46-/m1/s1. The Bertz CT molecular complexity index is 1260. The molecule has 0 aromatic heterocycles. The van der Waals surface area contributed by atoms with E-state index < -0.39 is 32.5 Å². The quantitative estimate of drug-likeness (QED) is 0.0198. The van der Waals surface area contributed by atoms with Crippen LogP contribution in [0.2, 0.25) is 0 Å². The summed E-state index contributed by atoms with van der Waals surface area (Å²) in [5.74, 6) is -0.896. The van der Waals surface area contributed by atoms with Crippen LogP contribution >= 0.6 is 7.82 Å². The van der Waals surface area contributed by atoms with E-state index in [1.54, 1.807) is 0 Å². The number of carbonyl (C=O) groups is 2. The van der Waals surface area contributed by atoms with E-state index in [1.165, 1.54) is 25.7 Å². The van der Waals surface area contributed by atoms with E-state index in [9.17, 15) is 19.0 Å². The smallest absolute Gasteiger partial charge is 0.306 e. The first-order valence-electron chi connectivity index (χ1n) is 22.3. The molecule has 0 spiro atoms. The second-order valence-corrected chi connectivity index (χ2v) is 17.1. The second kappa shape index (κ2) is 39.6. The first-order chi connectivity index (χ1) is 28.0. The van der Waals surface area contributed by atoms with E-state index in [1.807, 2.05) is 21.1 Å². The number of esters is 2. The van der Waals surface area contributed by atoms with E-state index in [2.05, 4.69) is 98.9 Å². The number of carbonyl (C=O) groups excluding carboxylic acids is 2. The Morgan fingerprint density at radius 2 is 0.983 bits per heavy atom. The summed E-state index contributed by atoms with van der Waals surface area (Å²) >= 11 is 0. The van der Waals surface area contributed by atoms with Crippen molar-refractivity contribution < 1.29 is 42.1 Å². The minimum atomic E-state index is -4.64. The Hall–Kier alpha value is -2.81. The van der Waals surface area contributed by atoms with Gasteiger partial charge >= 0.3 is 11.9 Å². The van der Waals surface area contributed by atoms with E-state index in [-0.39, 0.29) is 26.1 Å². The van der Waals surface area contributed by atoms with Crippen LogP contribution < -0.4 is 4.89 Å². The molecule has 0 aliphatic rings. The highest BCUT2D eigenvalue weighted by Gasteiger charge is 2.21. The molecule has 1 unspecified atom stereocenters. The molecule has 0 aromatic carbocycles. The van der Waals surface area contributed by atoms with E-state index in [0.29, 0.717) is 23.9 Å². The SMILES string of the molecule is CC/C=C\C/C=C\C/C=C\C/C=C\CCCCCCC(=O)OC[C@H](COP(=O)([O-])OCC[N+](C)(C)C)OC(=O)CCCCCC/C=C\C/C=C\C/C=C\CCCCC. The molecule has 0 fully saturated rings. The summed E-state index contributed by atoms with van der Waals surface area (Å²) in [6, 6.07) is 0. The van der Waals surface area contributed by atoms with Crippen molar-refractivity contribution in [1.82, 2.24) is 0 Å². The summed E-state index contributed by atoms with van der Waals surface area (Å²) in [7, 11) is 1.12. The minimum Gasteiger partial charge on any atom is -0.756 e. The van der Waals surface area contributed by atoms with Crippen molar-refractivity contribution in [3.05, 3.63) is 85.1 Å². The summed E-state index contributed by atoms with van der Waals surface area (Å²) in [5.41, 5.74) is 0. The van der Waals surface area contributed by atoms with Gasteiger partial charge in [-0.3, -0.25) is 14.2 Å². The lowest BCUT2D eigenvalue weighted by Gasteiger charge is -2.28. The molecule has 0 saturated heterocycles. The third-order valence-electron chi connectivity index (χ3n) is 8.90.